The van der Waals surface area contributed by atoms with Gasteiger partial charge in [0.2, 0.25) is 11.8 Å². The summed E-state index contributed by atoms with van der Waals surface area (Å²) in [6.45, 7) is 18.9. The number of rotatable bonds is 16. The van der Waals surface area contributed by atoms with Gasteiger partial charge < -0.3 is 24.3 Å². The minimum atomic E-state index is -1.68. The summed E-state index contributed by atoms with van der Waals surface area (Å²) in [7, 11) is 0. The van der Waals surface area contributed by atoms with Crippen LogP contribution < -0.4 is 5.32 Å². The van der Waals surface area contributed by atoms with Gasteiger partial charge in [-0.2, -0.15) is 0 Å². The molecule has 1 fully saturated rings. The van der Waals surface area contributed by atoms with Crippen LogP contribution in [0.5, 0.6) is 0 Å². The van der Waals surface area contributed by atoms with Crippen LogP contribution in [0.4, 0.5) is 4.79 Å². The number of nitrogens with zero attached hydrogens (tertiary/aromatic N) is 2. The zero-order valence-electron chi connectivity index (χ0n) is 33.3. The van der Waals surface area contributed by atoms with Crippen molar-refractivity contribution in [1.29, 1.82) is 0 Å². The van der Waals surface area contributed by atoms with Crippen molar-refractivity contribution in [2.24, 2.45) is 5.41 Å². The highest BCUT2D eigenvalue weighted by atomic mass is 32.1. The molecule has 0 unspecified atom stereocenters. The zero-order valence-corrected chi connectivity index (χ0v) is 34.1. The molecule has 1 aromatic carbocycles. The van der Waals surface area contributed by atoms with E-state index in [1.807, 2.05) is 30.3 Å². The van der Waals surface area contributed by atoms with Crippen molar-refractivity contribution in [3.05, 3.63) is 35.9 Å². The lowest BCUT2D eigenvalue weighted by atomic mass is 9.77. The molecule has 2 rings (SSSR count). The third kappa shape index (κ3) is 13.4. The van der Waals surface area contributed by atoms with Crippen LogP contribution in [-0.2, 0) is 49.5 Å². The van der Waals surface area contributed by atoms with E-state index in [-0.39, 0.29) is 50.4 Å². The molecule has 53 heavy (non-hydrogen) atoms. The second-order valence-electron chi connectivity index (χ2n) is 16.1. The smallest absolute Gasteiger partial charge is 0.407 e. The van der Waals surface area contributed by atoms with Crippen LogP contribution in [0.2, 0.25) is 0 Å². The Morgan fingerprint density at radius 2 is 1.21 bits per heavy atom. The Kier molecular flexibility index (Phi) is 16.0. The third-order valence-electron chi connectivity index (χ3n) is 8.29. The Bertz CT molecular complexity index is 1470. The molecule has 2 atom stereocenters. The number of hydrogen-bond donors (Lipinski definition) is 1. The fraction of sp³-hybridized carbons (Fsp3) is 0.667. The predicted octanol–water partition coefficient (Wildman–Crippen LogP) is 6.39. The van der Waals surface area contributed by atoms with E-state index in [1.165, 1.54) is 0 Å². The van der Waals surface area contributed by atoms with Gasteiger partial charge in [-0.15, -0.1) is 0 Å². The van der Waals surface area contributed by atoms with Crippen molar-refractivity contribution in [1.82, 2.24) is 15.1 Å². The molecule has 0 spiro atoms. The molecule has 1 heterocycles. The van der Waals surface area contributed by atoms with E-state index in [9.17, 15) is 28.8 Å². The largest absolute Gasteiger partial charge is 0.460 e. The van der Waals surface area contributed by atoms with E-state index in [1.54, 1.807) is 76.2 Å². The maximum Gasteiger partial charge on any atom is 0.407 e. The van der Waals surface area contributed by atoms with Crippen LogP contribution in [0.25, 0.3) is 0 Å². The van der Waals surface area contributed by atoms with Crippen LogP contribution in [0.1, 0.15) is 127 Å². The number of hydrogen-bond acceptors (Lipinski definition) is 11. The number of alkyl carbamates (subject to hydrolysis) is 1. The lowest BCUT2D eigenvalue weighted by molar-refractivity contribution is -0.175. The Morgan fingerprint density at radius 3 is 1.66 bits per heavy atom. The first-order valence-corrected chi connectivity index (χ1v) is 18.7. The predicted molar refractivity (Wildman–Crippen MR) is 202 cm³/mol. The Hall–Kier alpha value is -4.07. The quantitative estimate of drug-likeness (QED) is 0.0655. The van der Waals surface area contributed by atoms with Crippen LogP contribution in [0.3, 0.4) is 0 Å². The summed E-state index contributed by atoms with van der Waals surface area (Å²) in [5.74, 6) is -3.57. The lowest BCUT2D eigenvalue weighted by Crippen LogP contribution is -2.70. The van der Waals surface area contributed by atoms with Gasteiger partial charge in [0.1, 0.15) is 40.9 Å². The second kappa shape index (κ2) is 18.8. The summed E-state index contributed by atoms with van der Waals surface area (Å²) in [5.41, 5.74) is -3.54. The topological polar surface area (TPSA) is 158 Å². The van der Waals surface area contributed by atoms with E-state index < -0.39 is 70.1 Å². The monoisotopic (exact) mass is 761 g/mol. The van der Waals surface area contributed by atoms with Crippen LogP contribution >= 0.6 is 12.2 Å². The number of carbonyl (C=O) groups excluding carboxylic acids is 6. The number of benzene rings is 1. The van der Waals surface area contributed by atoms with Crippen molar-refractivity contribution in [3.8, 4) is 0 Å². The molecular weight excluding hydrogens is 703 g/mol. The third-order valence-corrected chi connectivity index (χ3v) is 8.68. The van der Waals surface area contributed by atoms with Gasteiger partial charge in [-0.05, 0) is 119 Å². The molecule has 0 bridgehead atoms. The summed E-state index contributed by atoms with van der Waals surface area (Å²) in [4.78, 5) is 84.1. The number of thiocarbonyl (C=S) groups is 1. The van der Waals surface area contributed by atoms with Gasteiger partial charge in [0.15, 0.2) is 5.11 Å². The van der Waals surface area contributed by atoms with Gasteiger partial charge >= 0.3 is 24.0 Å². The van der Waals surface area contributed by atoms with Gasteiger partial charge in [0.25, 0.3) is 0 Å². The van der Waals surface area contributed by atoms with Gasteiger partial charge in [-0.25, -0.2) is 14.4 Å². The first-order chi connectivity index (χ1) is 24.5. The minimum Gasteiger partial charge on any atom is -0.460 e. The van der Waals surface area contributed by atoms with Crippen molar-refractivity contribution in [2.45, 2.75) is 157 Å². The van der Waals surface area contributed by atoms with E-state index in [0.717, 1.165) is 15.4 Å². The molecule has 1 aromatic rings. The molecule has 0 aromatic heterocycles. The highest BCUT2D eigenvalue weighted by Gasteiger charge is 2.58. The molecule has 3 amide bonds. The van der Waals surface area contributed by atoms with Crippen LogP contribution in [0, 0.1) is 5.41 Å². The van der Waals surface area contributed by atoms with E-state index in [0.29, 0.717) is 12.8 Å². The Labute approximate surface area is 319 Å². The molecule has 296 valence electrons. The number of carbonyl (C=O) groups is 6. The zero-order chi connectivity index (χ0) is 40.4. The summed E-state index contributed by atoms with van der Waals surface area (Å²) in [6, 6.07) is 6.54. The lowest BCUT2D eigenvalue weighted by Gasteiger charge is -2.49. The molecule has 14 heteroatoms. The number of amides is 3. The number of esters is 3. The molecule has 1 aliphatic rings. The molecule has 0 radical (unpaired) electrons. The molecule has 1 aliphatic heterocycles. The minimum absolute atomic E-state index is 0.0416. The maximum atomic E-state index is 14.5. The van der Waals surface area contributed by atoms with E-state index >= 15 is 0 Å². The molecule has 0 aliphatic carbocycles. The highest BCUT2D eigenvalue weighted by Crippen LogP contribution is 2.40. The second-order valence-corrected chi connectivity index (χ2v) is 16.5. The van der Waals surface area contributed by atoms with Crippen LogP contribution in [-0.4, -0.2) is 86.2 Å². The number of unbranched alkanes of at least 4 members (excludes halogenated alkanes) is 1. The van der Waals surface area contributed by atoms with Crippen molar-refractivity contribution < 1.29 is 47.7 Å². The first kappa shape index (κ1) is 45.1. The molecular formula is C39H59N3O10S. The normalized spacial score (nSPS) is 16.1. The Balaban J connectivity index is 2.47. The SMILES string of the molecule is CCC1(CC)C(=O)N([C@@H](CCCCNC(=O)OCc2ccccc2)C(=O)OC(C)(C)C)C(=S)N([C@@H](CCC(=O)OC(C)(C)C)C(=O)OC(C)(C)C)C1=O. The maximum absolute atomic E-state index is 14.5. The van der Waals surface area contributed by atoms with E-state index in [4.69, 9.17) is 31.2 Å². The average Bonchev–Trinajstić information content (AvgIpc) is 3.02. The van der Waals surface area contributed by atoms with Crippen molar-refractivity contribution >= 4 is 53.1 Å². The van der Waals surface area contributed by atoms with Gasteiger partial charge in [0, 0.05) is 13.0 Å². The molecule has 0 saturated carbocycles. The number of nitrogens with one attached hydrogen (secondary N) is 1. The number of ether oxygens (including phenoxy) is 4. The first-order valence-electron chi connectivity index (χ1n) is 18.3. The van der Waals surface area contributed by atoms with Crippen LogP contribution in [0.15, 0.2) is 30.3 Å². The standard InChI is InChI=1S/C39H59N3O10S/c1-12-39(13-2)32(46)41(35(53)42(33(39)47)28(31(45)52-38(9,10)11)22-23-29(43)50-36(3,4)5)27(30(44)51-37(6,7)8)21-17-18-24-40-34(48)49-25-26-19-15-14-16-20-26/h14-16,19-20,27-28H,12-13,17-18,21-25H2,1-11H3,(H,40,48)/t27-,28-/m0/s1. The van der Waals surface area contributed by atoms with Gasteiger partial charge in [-0.1, -0.05) is 44.2 Å². The fourth-order valence-electron chi connectivity index (χ4n) is 5.77. The summed E-state index contributed by atoms with van der Waals surface area (Å²) in [6.07, 6.45) is -0.201. The molecule has 13 nitrogen and oxygen atoms in total. The van der Waals surface area contributed by atoms with Gasteiger partial charge in [-0.3, -0.25) is 24.2 Å². The Morgan fingerprint density at radius 1 is 0.736 bits per heavy atom. The van der Waals surface area contributed by atoms with Crippen molar-refractivity contribution in [2.75, 3.05) is 6.54 Å². The van der Waals surface area contributed by atoms with Crippen molar-refractivity contribution in [3.63, 3.8) is 0 Å². The van der Waals surface area contributed by atoms with Gasteiger partial charge in [0.05, 0.1) is 0 Å². The summed E-state index contributed by atoms with van der Waals surface area (Å²) >= 11 is 5.85. The molecule has 1 N–H and O–H groups in total. The summed E-state index contributed by atoms with van der Waals surface area (Å²) in [5, 5.41) is 2.33. The van der Waals surface area contributed by atoms with E-state index in [2.05, 4.69) is 5.32 Å². The molecule has 1 saturated heterocycles. The average molecular weight is 762 g/mol. The summed E-state index contributed by atoms with van der Waals surface area (Å²) < 4.78 is 22.2. The fourth-order valence-corrected chi connectivity index (χ4v) is 6.19. The highest BCUT2D eigenvalue weighted by molar-refractivity contribution is 7.80.